The van der Waals surface area contributed by atoms with Crippen LogP contribution >= 0.6 is 0 Å². The maximum atomic E-state index is 11.0. The number of hydrogen-bond acceptors (Lipinski definition) is 3. The molecule has 0 radical (unpaired) electrons. The van der Waals surface area contributed by atoms with Crippen LogP contribution in [0.4, 0.5) is 0 Å². The molecule has 1 atom stereocenters. The fourth-order valence-electron chi connectivity index (χ4n) is 1.38. The lowest BCUT2D eigenvalue weighted by Crippen LogP contribution is -2.45. The molecule has 1 aliphatic heterocycles. The highest BCUT2D eigenvalue weighted by molar-refractivity contribution is 5.86. The number of carboxylic acids is 1. The Hall–Kier alpha value is -1.06. The van der Waals surface area contributed by atoms with E-state index in [2.05, 4.69) is 0 Å². The van der Waals surface area contributed by atoms with E-state index in [9.17, 15) is 14.7 Å². The molecule has 1 rings (SSSR count). The summed E-state index contributed by atoms with van der Waals surface area (Å²) in [6.45, 7) is 2.22. The number of likely N-dealkylation sites (N-methyl/N-ethyl adjacent to an activating group) is 1. The van der Waals surface area contributed by atoms with Crippen LogP contribution in [0.1, 0.15) is 19.8 Å². The summed E-state index contributed by atoms with van der Waals surface area (Å²) in [7, 11) is 0. The van der Waals surface area contributed by atoms with E-state index in [0.29, 0.717) is 19.4 Å². The smallest absolute Gasteiger partial charge is 0.223 e. The van der Waals surface area contributed by atoms with E-state index < -0.39 is 12.0 Å². The van der Waals surface area contributed by atoms with E-state index in [-0.39, 0.29) is 5.91 Å². The van der Waals surface area contributed by atoms with Crippen LogP contribution in [0.3, 0.4) is 0 Å². The van der Waals surface area contributed by atoms with E-state index in [4.69, 9.17) is 0 Å². The van der Waals surface area contributed by atoms with Gasteiger partial charge in [0.2, 0.25) is 5.91 Å². The third kappa shape index (κ3) is 1.34. The molecule has 1 heterocycles. The third-order valence-electron chi connectivity index (χ3n) is 1.94. The lowest BCUT2D eigenvalue weighted by Gasteiger charge is -2.23. The quantitative estimate of drug-likeness (QED) is 0.501. The van der Waals surface area contributed by atoms with Gasteiger partial charge in [-0.15, -0.1) is 0 Å². The monoisotopic (exact) mass is 156 g/mol. The number of carbonyl (C=O) groups is 2. The molecule has 0 unspecified atom stereocenters. The second-order valence-electron chi connectivity index (χ2n) is 2.55. The Morgan fingerprint density at radius 2 is 2.45 bits per heavy atom. The first-order valence-corrected chi connectivity index (χ1v) is 3.67. The molecule has 1 fully saturated rings. The Morgan fingerprint density at radius 1 is 1.82 bits per heavy atom. The molecule has 1 aliphatic rings. The van der Waals surface area contributed by atoms with Gasteiger partial charge in [-0.05, 0) is 13.3 Å². The van der Waals surface area contributed by atoms with Gasteiger partial charge in [0.1, 0.15) is 0 Å². The molecule has 0 spiro atoms. The van der Waals surface area contributed by atoms with Crippen LogP contribution in [0, 0.1) is 0 Å². The largest absolute Gasteiger partial charge is 0.548 e. The van der Waals surface area contributed by atoms with Gasteiger partial charge in [-0.3, -0.25) is 4.79 Å². The number of carboxylic acid groups (broad SMARTS) is 1. The fraction of sp³-hybridized carbons (Fsp3) is 0.714. The Balaban J connectivity index is 2.68. The highest BCUT2D eigenvalue weighted by Crippen LogP contribution is 2.16. The molecule has 11 heavy (non-hydrogen) atoms. The van der Waals surface area contributed by atoms with Gasteiger partial charge in [0.05, 0.1) is 12.0 Å². The number of aliphatic carboxylic acids is 1. The summed E-state index contributed by atoms with van der Waals surface area (Å²) in [6.07, 6.45) is 0.738. The summed E-state index contributed by atoms with van der Waals surface area (Å²) in [5.41, 5.74) is 0. The number of nitrogens with zero attached hydrogens (tertiary/aromatic N) is 1. The number of rotatable bonds is 2. The zero-order chi connectivity index (χ0) is 8.43. The van der Waals surface area contributed by atoms with E-state index in [1.165, 1.54) is 4.90 Å². The molecule has 62 valence electrons. The zero-order valence-electron chi connectivity index (χ0n) is 6.37. The number of hydrogen-bond donors (Lipinski definition) is 0. The molecule has 0 aromatic heterocycles. The molecule has 4 nitrogen and oxygen atoms in total. The predicted octanol–water partition coefficient (Wildman–Crippen LogP) is -1.25. The van der Waals surface area contributed by atoms with Crippen LogP contribution in [0.5, 0.6) is 0 Å². The van der Waals surface area contributed by atoms with Gasteiger partial charge in [0, 0.05) is 13.0 Å². The molecular weight excluding hydrogens is 146 g/mol. The van der Waals surface area contributed by atoms with Crippen LogP contribution in [0.15, 0.2) is 0 Å². The highest BCUT2D eigenvalue weighted by atomic mass is 16.4. The van der Waals surface area contributed by atoms with Crippen LogP contribution < -0.4 is 5.11 Å². The average molecular weight is 156 g/mol. The van der Waals surface area contributed by atoms with Gasteiger partial charge in [-0.2, -0.15) is 0 Å². The summed E-state index contributed by atoms with van der Waals surface area (Å²) in [4.78, 5) is 22.7. The molecular formula is C7H10NO3-. The van der Waals surface area contributed by atoms with Gasteiger partial charge >= 0.3 is 0 Å². The molecule has 0 aliphatic carbocycles. The molecule has 0 aromatic rings. The van der Waals surface area contributed by atoms with Gasteiger partial charge in [-0.25, -0.2) is 0 Å². The van der Waals surface area contributed by atoms with Crippen LogP contribution in [-0.2, 0) is 9.59 Å². The first-order valence-electron chi connectivity index (χ1n) is 3.67. The molecule has 1 amide bonds. The zero-order valence-corrected chi connectivity index (χ0v) is 6.37. The van der Waals surface area contributed by atoms with Gasteiger partial charge in [0.15, 0.2) is 0 Å². The van der Waals surface area contributed by atoms with Crippen molar-refractivity contribution < 1.29 is 14.7 Å². The molecule has 4 heteroatoms. The van der Waals surface area contributed by atoms with E-state index in [1.54, 1.807) is 6.92 Å². The predicted molar refractivity (Wildman–Crippen MR) is 35.4 cm³/mol. The van der Waals surface area contributed by atoms with E-state index in [1.807, 2.05) is 0 Å². The van der Waals surface area contributed by atoms with Crippen LogP contribution in [0.2, 0.25) is 0 Å². The van der Waals surface area contributed by atoms with E-state index in [0.717, 1.165) is 0 Å². The maximum Gasteiger partial charge on any atom is 0.223 e. The van der Waals surface area contributed by atoms with Gasteiger partial charge < -0.3 is 14.8 Å². The van der Waals surface area contributed by atoms with Crippen molar-refractivity contribution in [1.29, 1.82) is 0 Å². The second kappa shape index (κ2) is 2.90. The van der Waals surface area contributed by atoms with Crippen molar-refractivity contribution in [3.05, 3.63) is 0 Å². The fourth-order valence-corrected chi connectivity index (χ4v) is 1.38. The lowest BCUT2D eigenvalue weighted by atomic mass is 10.2. The number of carbonyl (C=O) groups excluding carboxylic acids is 2. The minimum absolute atomic E-state index is 0.0818. The first kappa shape index (κ1) is 8.04. The molecule has 0 bridgehead atoms. The van der Waals surface area contributed by atoms with Gasteiger partial charge in [0.25, 0.3) is 0 Å². The summed E-state index contributed by atoms with van der Waals surface area (Å²) in [5.74, 6) is -1.22. The maximum absolute atomic E-state index is 11.0. The topological polar surface area (TPSA) is 60.4 Å². The van der Waals surface area contributed by atoms with Crippen molar-refractivity contribution in [2.24, 2.45) is 0 Å². The normalized spacial score (nSPS) is 24.3. The summed E-state index contributed by atoms with van der Waals surface area (Å²) < 4.78 is 0. The van der Waals surface area contributed by atoms with Gasteiger partial charge in [-0.1, -0.05) is 0 Å². The summed E-state index contributed by atoms with van der Waals surface area (Å²) >= 11 is 0. The van der Waals surface area contributed by atoms with Crippen LogP contribution in [0.25, 0.3) is 0 Å². The highest BCUT2D eigenvalue weighted by Gasteiger charge is 2.29. The third-order valence-corrected chi connectivity index (χ3v) is 1.94. The SMILES string of the molecule is CCN1C(=O)CC[C@H]1C(=O)[O-]. The van der Waals surface area contributed by atoms with E-state index >= 15 is 0 Å². The standard InChI is InChI=1S/C7H11NO3/c1-2-8-5(7(10)11)3-4-6(8)9/h5H,2-4H2,1H3,(H,10,11)/p-1/t5-/m0/s1. The molecule has 1 saturated heterocycles. The number of amides is 1. The van der Waals surface area contributed by atoms with Crippen molar-refractivity contribution >= 4 is 11.9 Å². The molecule has 0 N–H and O–H groups in total. The molecule has 0 saturated carbocycles. The van der Waals surface area contributed by atoms with Crippen molar-refractivity contribution in [2.75, 3.05) is 6.54 Å². The Kier molecular flexibility index (Phi) is 2.12. The Labute approximate surface area is 64.8 Å². The van der Waals surface area contributed by atoms with Crippen molar-refractivity contribution in [3.8, 4) is 0 Å². The second-order valence-corrected chi connectivity index (χ2v) is 2.55. The summed E-state index contributed by atoms with van der Waals surface area (Å²) in [5, 5.41) is 10.4. The summed E-state index contributed by atoms with van der Waals surface area (Å²) in [6, 6.07) is -0.688. The average Bonchev–Trinajstić information content (AvgIpc) is 2.30. The first-order chi connectivity index (χ1) is 5.16. The van der Waals surface area contributed by atoms with Crippen molar-refractivity contribution in [1.82, 2.24) is 4.90 Å². The minimum Gasteiger partial charge on any atom is -0.548 e. The van der Waals surface area contributed by atoms with Crippen molar-refractivity contribution in [3.63, 3.8) is 0 Å². The number of likely N-dealkylation sites (tertiary alicyclic amines) is 1. The Bertz CT molecular complexity index is 190. The minimum atomic E-state index is -1.14. The van der Waals surface area contributed by atoms with Crippen molar-refractivity contribution in [2.45, 2.75) is 25.8 Å². The Morgan fingerprint density at radius 3 is 2.82 bits per heavy atom. The van der Waals surface area contributed by atoms with Crippen LogP contribution in [-0.4, -0.2) is 29.4 Å². The molecule has 0 aromatic carbocycles. The lowest BCUT2D eigenvalue weighted by molar-refractivity contribution is -0.310.